The molecule has 3 rings (SSSR count). The lowest BCUT2D eigenvalue weighted by Crippen LogP contribution is -2.17. The predicted molar refractivity (Wildman–Crippen MR) is 90.0 cm³/mol. The Morgan fingerprint density at radius 3 is 3.00 bits per heavy atom. The van der Waals surface area contributed by atoms with E-state index in [0.717, 1.165) is 4.88 Å². The highest BCUT2D eigenvalue weighted by molar-refractivity contribution is 14.1. The SMILES string of the molecule is COC(=O)c1ccc(Cn2c(=O)[nH]c3c(N)nc(I)nc32)s1. The molecule has 0 aliphatic heterocycles. The fraction of sp³-hybridized carbons (Fsp3) is 0.167. The minimum absolute atomic E-state index is 0.228. The Bertz CT molecular complexity index is 929. The van der Waals surface area contributed by atoms with Crippen LogP contribution in [0, 0.1) is 3.83 Å². The third-order valence-electron chi connectivity index (χ3n) is 2.99. The van der Waals surface area contributed by atoms with Crippen LogP contribution in [0.25, 0.3) is 11.2 Å². The number of ether oxygens (including phenoxy) is 1. The number of methoxy groups -OCH3 is 1. The summed E-state index contributed by atoms with van der Waals surface area (Å²) in [6.07, 6.45) is 0. The highest BCUT2D eigenvalue weighted by Gasteiger charge is 2.15. The molecule has 3 aromatic heterocycles. The maximum Gasteiger partial charge on any atom is 0.348 e. The highest BCUT2D eigenvalue weighted by atomic mass is 127. The predicted octanol–water partition coefficient (Wildman–Crippen LogP) is 1.20. The number of carbonyl (C=O) groups excluding carboxylic acids is 1. The first kappa shape index (κ1) is 15.0. The van der Waals surface area contributed by atoms with E-state index in [1.807, 2.05) is 22.6 Å². The van der Waals surface area contributed by atoms with Crippen LogP contribution in [0.5, 0.6) is 0 Å². The van der Waals surface area contributed by atoms with Crippen molar-refractivity contribution in [2.75, 3.05) is 12.8 Å². The molecule has 0 aliphatic rings. The molecule has 22 heavy (non-hydrogen) atoms. The number of thiophene rings is 1. The summed E-state index contributed by atoms with van der Waals surface area (Å²) in [6.45, 7) is 0.285. The molecule has 0 aliphatic carbocycles. The summed E-state index contributed by atoms with van der Waals surface area (Å²) in [5.74, 6) is -0.171. The van der Waals surface area contributed by atoms with Gasteiger partial charge in [0.15, 0.2) is 15.3 Å². The number of hydrogen-bond acceptors (Lipinski definition) is 7. The second-order valence-electron chi connectivity index (χ2n) is 4.35. The molecule has 0 amide bonds. The number of aromatic nitrogens is 4. The number of halogens is 1. The second-order valence-corrected chi connectivity index (χ2v) is 6.48. The molecule has 8 nitrogen and oxygen atoms in total. The summed E-state index contributed by atoms with van der Waals surface area (Å²) in [7, 11) is 1.33. The van der Waals surface area contributed by atoms with E-state index in [4.69, 9.17) is 5.73 Å². The summed E-state index contributed by atoms with van der Waals surface area (Å²) in [6, 6.07) is 3.44. The Balaban J connectivity index is 2.04. The van der Waals surface area contributed by atoms with Crippen molar-refractivity contribution < 1.29 is 9.53 Å². The summed E-state index contributed by atoms with van der Waals surface area (Å²) < 4.78 is 6.58. The van der Waals surface area contributed by atoms with Crippen LogP contribution in [0.4, 0.5) is 5.82 Å². The molecule has 3 aromatic rings. The number of esters is 1. The van der Waals surface area contributed by atoms with Gasteiger partial charge in [0.2, 0.25) is 0 Å². The molecular formula is C12H10IN5O3S. The van der Waals surface area contributed by atoms with E-state index in [9.17, 15) is 9.59 Å². The quantitative estimate of drug-likeness (QED) is 0.366. The van der Waals surface area contributed by atoms with Crippen LogP contribution < -0.4 is 11.4 Å². The first-order valence-electron chi connectivity index (χ1n) is 6.08. The van der Waals surface area contributed by atoms with Crippen LogP contribution in [0.1, 0.15) is 14.5 Å². The standard InChI is InChI=1S/C12H10IN5O3S/c1-21-10(19)6-3-2-5(22-6)4-18-9-7(15-12(18)20)8(14)16-11(13)17-9/h2-3H,4H2,1H3,(H,15,20)(H2,14,16,17). The van der Waals surface area contributed by atoms with Gasteiger partial charge < -0.3 is 15.5 Å². The summed E-state index contributed by atoms with van der Waals surface area (Å²) in [5.41, 5.74) is 6.32. The van der Waals surface area contributed by atoms with Gasteiger partial charge in [-0.25, -0.2) is 19.6 Å². The van der Waals surface area contributed by atoms with Crippen molar-refractivity contribution in [3.8, 4) is 0 Å². The number of nitrogens with zero attached hydrogens (tertiary/aromatic N) is 3. The maximum absolute atomic E-state index is 12.1. The first-order valence-corrected chi connectivity index (χ1v) is 7.97. The molecule has 0 bridgehead atoms. The van der Waals surface area contributed by atoms with Gasteiger partial charge in [-0.2, -0.15) is 0 Å². The number of anilines is 1. The van der Waals surface area contributed by atoms with Crippen LogP contribution in [0.3, 0.4) is 0 Å². The van der Waals surface area contributed by atoms with Crippen molar-refractivity contribution >= 4 is 56.9 Å². The first-order chi connectivity index (χ1) is 10.5. The van der Waals surface area contributed by atoms with Gasteiger partial charge in [-0.05, 0) is 12.1 Å². The van der Waals surface area contributed by atoms with Crippen molar-refractivity contribution in [1.82, 2.24) is 19.5 Å². The third-order valence-corrected chi connectivity index (χ3v) is 4.52. The molecule has 0 radical (unpaired) electrons. The number of nitrogens with one attached hydrogen (secondary N) is 1. The van der Waals surface area contributed by atoms with E-state index in [1.165, 1.54) is 23.0 Å². The number of fused-ring (bicyclic) bond motifs is 1. The Morgan fingerprint density at radius 1 is 1.50 bits per heavy atom. The normalized spacial score (nSPS) is 11.0. The number of nitrogen functional groups attached to an aromatic ring is 1. The smallest absolute Gasteiger partial charge is 0.348 e. The van der Waals surface area contributed by atoms with Crippen molar-refractivity contribution in [1.29, 1.82) is 0 Å². The number of H-pyrrole nitrogens is 1. The number of aromatic amines is 1. The van der Waals surface area contributed by atoms with Gasteiger partial charge in [-0.3, -0.25) is 4.57 Å². The van der Waals surface area contributed by atoms with Crippen LogP contribution in [-0.4, -0.2) is 32.6 Å². The van der Waals surface area contributed by atoms with Crippen LogP contribution in [0.15, 0.2) is 16.9 Å². The Hall–Kier alpha value is -1.95. The van der Waals surface area contributed by atoms with Gasteiger partial charge >= 0.3 is 11.7 Å². The van der Waals surface area contributed by atoms with Crippen LogP contribution in [0.2, 0.25) is 0 Å². The lowest BCUT2D eigenvalue weighted by Gasteiger charge is -2.01. The third kappa shape index (κ3) is 2.59. The van der Waals surface area contributed by atoms with Crippen molar-refractivity contribution in [2.45, 2.75) is 6.54 Å². The van der Waals surface area contributed by atoms with Gasteiger partial charge in [0.1, 0.15) is 10.4 Å². The molecule has 3 heterocycles. The molecule has 3 N–H and O–H groups in total. The average Bonchev–Trinajstić information content (AvgIpc) is 3.06. The lowest BCUT2D eigenvalue weighted by molar-refractivity contribution is 0.0606. The molecule has 114 valence electrons. The summed E-state index contributed by atoms with van der Waals surface area (Å²) >= 11 is 3.20. The zero-order valence-electron chi connectivity index (χ0n) is 11.3. The number of hydrogen-bond donors (Lipinski definition) is 2. The van der Waals surface area contributed by atoms with Crippen molar-refractivity contribution in [2.24, 2.45) is 0 Å². The molecule has 10 heteroatoms. The molecule has 0 saturated heterocycles. The topological polar surface area (TPSA) is 116 Å². The van der Waals surface area contributed by atoms with Crippen LogP contribution >= 0.6 is 33.9 Å². The zero-order chi connectivity index (χ0) is 15.9. The number of nitrogens with two attached hydrogens (primary N) is 1. The fourth-order valence-electron chi connectivity index (χ4n) is 2.00. The zero-order valence-corrected chi connectivity index (χ0v) is 14.3. The molecule has 0 fully saturated rings. The second kappa shape index (κ2) is 5.68. The molecule has 0 unspecified atom stereocenters. The molecule has 0 atom stereocenters. The van der Waals surface area contributed by atoms with Gasteiger partial charge in [-0.15, -0.1) is 11.3 Å². The molecule has 0 aromatic carbocycles. The average molecular weight is 431 g/mol. The molecule has 0 spiro atoms. The van der Waals surface area contributed by atoms with E-state index in [2.05, 4.69) is 19.7 Å². The van der Waals surface area contributed by atoms with Crippen molar-refractivity contribution in [3.05, 3.63) is 36.2 Å². The molecule has 0 saturated carbocycles. The number of carbonyl (C=O) groups is 1. The number of rotatable bonds is 3. The number of imidazole rings is 1. The van der Waals surface area contributed by atoms with E-state index in [1.54, 1.807) is 12.1 Å². The summed E-state index contributed by atoms with van der Waals surface area (Å²) in [5, 5.41) is 0. The van der Waals surface area contributed by atoms with Crippen molar-refractivity contribution in [3.63, 3.8) is 0 Å². The monoisotopic (exact) mass is 431 g/mol. The van der Waals surface area contributed by atoms with Gasteiger partial charge in [0, 0.05) is 27.5 Å². The lowest BCUT2D eigenvalue weighted by atomic mass is 10.4. The summed E-state index contributed by atoms with van der Waals surface area (Å²) in [4.78, 5) is 35.8. The minimum atomic E-state index is -0.399. The maximum atomic E-state index is 12.1. The van der Waals surface area contributed by atoms with E-state index < -0.39 is 5.97 Å². The van der Waals surface area contributed by atoms with Gasteiger partial charge in [0.25, 0.3) is 0 Å². The van der Waals surface area contributed by atoms with Crippen LogP contribution in [-0.2, 0) is 11.3 Å². The van der Waals surface area contributed by atoms with E-state index >= 15 is 0 Å². The molecular weight excluding hydrogens is 421 g/mol. The van der Waals surface area contributed by atoms with E-state index in [-0.39, 0.29) is 18.1 Å². The highest BCUT2D eigenvalue weighted by Crippen LogP contribution is 2.20. The van der Waals surface area contributed by atoms with Gasteiger partial charge in [0.05, 0.1) is 13.7 Å². The Kier molecular flexibility index (Phi) is 3.87. The minimum Gasteiger partial charge on any atom is -0.465 e. The Labute approximate surface area is 141 Å². The Morgan fingerprint density at radius 2 is 2.27 bits per heavy atom. The van der Waals surface area contributed by atoms with Gasteiger partial charge in [-0.1, -0.05) is 0 Å². The van der Waals surface area contributed by atoms with E-state index in [0.29, 0.717) is 19.9 Å². The fourth-order valence-corrected chi connectivity index (χ4v) is 3.40. The largest absolute Gasteiger partial charge is 0.465 e.